The molecular weight excluding hydrogens is 296 g/mol. The van der Waals surface area contributed by atoms with Crippen LogP contribution in [0.3, 0.4) is 0 Å². The van der Waals surface area contributed by atoms with Gasteiger partial charge in [-0.2, -0.15) is 0 Å². The van der Waals surface area contributed by atoms with Crippen LogP contribution in [0.5, 0.6) is 0 Å². The van der Waals surface area contributed by atoms with Gasteiger partial charge in [-0.15, -0.1) is 0 Å². The Morgan fingerprint density at radius 2 is 1.17 bits per heavy atom. The maximum Gasteiger partial charge on any atom is 0.262 e. The van der Waals surface area contributed by atoms with Crippen LogP contribution in [0.1, 0.15) is 5.56 Å². The minimum Gasteiger partial charge on any atom is -0.268 e. The summed E-state index contributed by atoms with van der Waals surface area (Å²) in [5, 5.41) is 1.78. The maximum atomic E-state index is 12.3. The molecule has 0 saturated carbocycles. The molecule has 1 amide bonds. The van der Waals surface area contributed by atoms with E-state index in [1.165, 1.54) is 6.08 Å². The molecule has 1 N–H and O–H groups in total. The van der Waals surface area contributed by atoms with Crippen LogP contribution in [-0.4, -0.2) is 5.91 Å². The summed E-state index contributed by atoms with van der Waals surface area (Å²) >= 11 is 0. The third-order valence-corrected chi connectivity index (χ3v) is 3.48. The van der Waals surface area contributed by atoms with Gasteiger partial charge in [0, 0.05) is 6.08 Å². The van der Waals surface area contributed by atoms with Crippen molar-refractivity contribution in [2.24, 2.45) is 0 Å². The highest BCUT2D eigenvalue weighted by Gasteiger charge is 2.10. The van der Waals surface area contributed by atoms with Gasteiger partial charge < -0.3 is 0 Å². The predicted octanol–water partition coefficient (Wildman–Crippen LogP) is 4.57. The highest BCUT2D eigenvalue weighted by molar-refractivity contribution is 5.93. The SMILES string of the molecule is O=C(C=Cc1ccccc1)NN(c1ccccc1)c1ccccc1. The number of hydrogen-bond donors (Lipinski definition) is 1. The molecular formula is C21H18N2O. The summed E-state index contributed by atoms with van der Waals surface area (Å²) < 4.78 is 0. The van der Waals surface area contributed by atoms with Crippen molar-refractivity contribution in [3.05, 3.63) is 103 Å². The number of para-hydroxylation sites is 2. The van der Waals surface area contributed by atoms with Gasteiger partial charge in [0.05, 0.1) is 11.4 Å². The van der Waals surface area contributed by atoms with Gasteiger partial charge >= 0.3 is 0 Å². The Morgan fingerprint density at radius 3 is 1.67 bits per heavy atom. The second-order valence-corrected chi connectivity index (χ2v) is 5.23. The van der Waals surface area contributed by atoms with Crippen molar-refractivity contribution in [3.8, 4) is 0 Å². The molecule has 0 atom stereocenters. The molecule has 0 aliphatic rings. The highest BCUT2D eigenvalue weighted by atomic mass is 16.2. The number of hydrogen-bond acceptors (Lipinski definition) is 2. The molecule has 0 heterocycles. The van der Waals surface area contributed by atoms with Crippen LogP contribution in [0.2, 0.25) is 0 Å². The first-order valence-corrected chi connectivity index (χ1v) is 7.77. The smallest absolute Gasteiger partial charge is 0.262 e. The number of carbonyl (C=O) groups excluding carboxylic acids is 1. The monoisotopic (exact) mass is 314 g/mol. The van der Waals surface area contributed by atoms with Gasteiger partial charge in [-0.05, 0) is 35.9 Å². The zero-order chi connectivity index (χ0) is 16.6. The second kappa shape index (κ2) is 7.79. The summed E-state index contributed by atoms with van der Waals surface area (Å²) in [6, 6.07) is 29.2. The number of nitrogens with one attached hydrogen (secondary N) is 1. The van der Waals surface area contributed by atoms with Crippen molar-refractivity contribution in [2.45, 2.75) is 0 Å². The first-order valence-electron chi connectivity index (χ1n) is 7.77. The normalized spacial score (nSPS) is 10.5. The number of benzene rings is 3. The minimum absolute atomic E-state index is 0.188. The van der Waals surface area contributed by atoms with E-state index < -0.39 is 0 Å². The van der Waals surface area contributed by atoms with E-state index in [-0.39, 0.29) is 5.91 Å². The number of hydrazine groups is 1. The lowest BCUT2D eigenvalue weighted by molar-refractivity contribution is -0.116. The van der Waals surface area contributed by atoms with E-state index >= 15 is 0 Å². The fourth-order valence-corrected chi connectivity index (χ4v) is 2.32. The van der Waals surface area contributed by atoms with Crippen molar-refractivity contribution in [1.29, 1.82) is 0 Å². The van der Waals surface area contributed by atoms with Gasteiger partial charge in [0.1, 0.15) is 0 Å². The van der Waals surface area contributed by atoms with Gasteiger partial charge in [0.2, 0.25) is 0 Å². The highest BCUT2D eigenvalue weighted by Crippen LogP contribution is 2.22. The Balaban J connectivity index is 1.80. The molecule has 0 aromatic heterocycles. The molecule has 0 unspecified atom stereocenters. The quantitative estimate of drug-likeness (QED) is 0.553. The predicted molar refractivity (Wildman–Crippen MR) is 98.6 cm³/mol. The van der Waals surface area contributed by atoms with E-state index in [9.17, 15) is 4.79 Å². The number of amides is 1. The van der Waals surface area contributed by atoms with E-state index in [0.29, 0.717) is 0 Å². The fraction of sp³-hybridized carbons (Fsp3) is 0. The third kappa shape index (κ3) is 4.11. The zero-order valence-corrected chi connectivity index (χ0v) is 13.2. The topological polar surface area (TPSA) is 32.3 Å². The second-order valence-electron chi connectivity index (χ2n) is 5.23. The van der Waals surface area contributed by atoms with Crippen LogP contribution < -0.4 is 10.4 Å². The van der Waals surface area contributed by atoms with Crippen molar-refractivity contribution in [2.75, 3.05) is 5.01 Å². The molecule has 3 aromatic rings. The van der Waals surface area contributed by atoms with Gasteiger partial charge in [-0.25, -0.2) is 0 Å². The molecule has 24 heavy (non-hydrogen) atoms. The van der Waals surface area contributed by atoms with Crippen molar-refractivity contribution in [1.82, 2.24) is 5.43 Å². The summed E-state index contributed by atoms with van der Waals surface area (Å²) in [7, 11) is 0. The molecule has 0 radical (unpaired) electrons. The van der Waals surface area contributed by atoms with Gasteiger partial charge in [0.15, 0.2) is 0 Å². The third-order valence-electron chi connectivity index (χ3n) is 3.48. The molecule has 0 aliphatic heterocycles. The number of anilines is 2. The molecule has 118 valence electrons. The maximum absolute atomic E-state index is 12.3. The van der Waals surface area contributed by atoms with E-state index in [0.717, 1.165) is 16.9 Å². The number of carbonyl (C=O) groups is 1. The van der Waals surface area contributed by atoms with Gasteiger partial charge in [-0.1, -0.05) is 66.7 Å². The Labute approximate surface area is 141 Å². The molecule has 3 aromatic carbocycles. The standard InChI is InChI=1S/C21H18N2O/c24-21(17-16-18-10-4-1-5-11-18)22-23(19-12-6-2-7-13-19)20-14-8-3-9-15-20/h1-17H,(H,22,24). The molecule has 0 aliphatic carbocycles. The lowest BCUT2D eigenvalue weighted by Gasteiger charge is -2.24. The van der Waals surface area contributed by atoms with E-state index in [1.54, 1.807) is 11.1 Å². The van der Waals surface area contributed by atoms with Crippen LogP contribution in [0.15, 0.2) is 97.1 Å². The largest absolute Gasteiger partial charge is 0.268 e. The summed E-state index contributed by atoms with van der Waals surface area (Å²) in [6.45, 7) is 0. The van der Waals surface area contributed by atoms with Crippen LogP contribution in [0.25, 0.3) is 6.08 Å². The molecule has 0 saturated heterocycles. The molecule has 3 rings (SSSR count). The average molecular weight is 314 g/mol. The molecule has 3 heteroatoms. The van der Waals surface area contributed by atoms with E-state index in [1.807, 2.05) is 91.0 Å². The summed E-state index contributed by atoms with van der Waals surface area (Å²) in [5.41, 5.74) is 5.70. The lowest BCUT2D eigenvalue weighted by Crippen LogP contribution is -2.37. The number of nitrogens with zero attached hydrogens (tertiary/aromatic N) is 1. The Bertz CT molecular complexity index is 760. The van der Waals surface area contributed by atoms with Crippen LogP contribution >= 0.6 is 0 Å². The van der Waals surface area contributed by atoms with Gasteiger partial charge in [-0.3, -0.25) is 15.2 Å². The average Bonchev–Trinajstić information content (AvgIpc) is 2.67. The molecule has 0 bridgehead atoms. The van der Waals surface area contributed by atoms with Gasteiger partial charge in [0.25, 0.3) is 5.91 Å². The van der Waals surface area contributed by atoms with Crippen LogP contribution in [0, 0.1) is 0 Å². The first kappa shape index (κ1) is 15.6. The lowest BCUT2D eigenvalue weighted by atomic mass is 10.2. The van der Waals surface area contributed by atoms with E-state index in [2.05, 4.69) is 5.43 Å². The summed E-state index contributed by atoms with van der Waals surface area (Å²) in [4.78, 5) is 12.3. The fourth-order valence-electron chi connectivity index (χ4n) is 2.32. The number of rotatable bonds is 5. The van der Waals surface area contributed by atoms with Crippen LogP contribution in [-0.2, 0) is 4.79 Å². The van der Waals surface area contributed by atoms with Crippen molar-refractivity contribution >= 4 is 23.4 Å². The molecule has 0 fully saturated rings. The van der Waals surface area contributed by atoms with Crippen LogP contribution in [0.4, 0.5) is 11.4 Å². The Hall–Kier alpha value is -3.33. The van der Waals surface area contributed by atoms with E-state index in [4.69, 9.17) is 0 Å². The zero-order valence-electron chi connectivity index (χ0n) is 13.2. The van der Waals surface area contributed by atoms with Crippen molar-refractivity contribution in [3.63, 3.8) is 0 Å². The Morgan fingerprint density at radius 1 is 0.708 bits per heavy atom. The first-order chi connectivity index (χ1) is 11.8. The summed E-state index contributed by atoms with van der Waals surface area (Å²) in [6.07, 6.45) is 3.33. The summed E-state index contributed by atoms with van der Waals surface area (Å²) in [5.74, 6) is -0.188. The van der Waals surface area contributed by atoms with Crippen molar-refractivity contribution < 1.29 is 4.79 Å². The molecule has 0 spiro atoms. The molecule has 3 nitrogen and oxygen atoms in total. The Kier molecular flexibility index (Phi) is 5.05. The minimum atomic E-state index is -0.188.